The first-order chi connectivity index (χ1) is 8.53. The molecule has 4 heteroatoms. The fourth-order valence-electron chi connectivity index (χ4n) is 1.36. The Morgan fingerprint density at radius 3 is 1.94 bits per heavy atom. The lowest BCUT2D eigenvalue weighted by Crippen LogP contribution is -2.07. The molecular formula is C14H28O4. The topological polar surface area (TPSA) is 63.6 Å². The predicted octanol–water partition coefficient (Wildman–Crippen LogP) is 3.64. The molecule has 0 bridgehead atoms. The summed E-state index contributed by atoms with van der Waals surface area (Å²) in [6.45, 7) is 8.55. The number of carbonyl (C=O) groups excluding carboxylic acids is 1. The molecule has 1 N–H and O–H groups in total. The van der Waals surface area contributed by atoms with Crippen LogP contribution in [0.4, 0.5) is 0 Å². The summed E-state index contributed by atoms with van der Waals surface area (Å²) in [5.74, 6) is -0.627. The van der Waals surface area contributed by atoms with Crippen molar-refractivity contribution in [2.75, 3.05) is 0 Å². The molecule has 0 aromatic rings. The van der Waals surface area contributed by atoms with Crippen molar-refractivity contribution in [3.63, 3.8) is 0 Å². The SMILES string of the molecule is CCC.CCC(C)OC=O.O=C(O)C1CCCC1. The second kappa shape index (κ2) is 14.0. The zero-order chi connectivity index (χ0) is 14.4. The Morgan fingerprint density at radius 2 is 1.78 bits per heavy atom. The van der Waals surface area contributed by atoms with E-state index in [1.54, 1.807) is 0 Å². The monoisotopic (exact) mass is 260 g/mol. The molecule has 1 aliphatic rings. The third-order valence-electron chi connectivity index (χ3n) is 2.57. The van der Waals surface area contributed by atoms with E-state index in [2.05, 4.69) is 18.6 Å². The number of carboxylic acid groups (broad SMARTS) is 1. The molecule has 1 fully saturated rings. The summed E-state index contributed by atoms with van der Waals surface area (Å²) in [6.07, 6.45) is 6.23. The minimum atomic E-state index is -0.609. The van der Waals surface area contributed by atoms with E-state index in [-0.39, 0.29) is 12.0 Å². The maximum absolute atomic E-state index is 10.2. The summed E-state index contributed by atoms with van der Waals surface area (Å²) in [7, 11) is 0. The minimum absolute atomic E-state index is 0.0185. The minimum Gasteiger partial charge on any atom is -0.481 e. The van der Waals surface area contributed by atoms with Crippen molar-refractivity contribution in [3.8, 4) is 0 Å². The standard InChI is InChI=1S/C6H10O2.C5H10O2.C3H8/c7-6(8)5-3-1-2-4-5;1-3-5(2)7-4-6;1-3-2/h5H,1-4H2,(H,7,8);4-5H,3H2,1-2H3;3H2,1-2H3. The van der Waals surface area contributed by atoms with Gasteiger partial charge in [0.05, 0.1) is 12.0 Å². The van der Waals surface area contributed by atoms with Crippen molar-refractivity contribution in [1.82, 2.24) is 0 Å². The summed E-state index contributed by atoms with van der Waals surface area (Å²) in [5.41, 5.74) is 0. The van der Waals surface area contributed by atoms with Crippen LogP contribution in [0.1, 0.15) is 66.2 Å². The molecule has 1 rings (SSSR count). The van der Waals surface area contributed by atoms with Gasteiger partial charge >= 0.3 is 5.97 Å². The van der Waals surface area contributed by atoms with Gasteiger partial charge in [0.1, 0.15) is 0 Å². The van der Waals surface area contributed by atoms with Gasteiger partial charge in [-0.2, -0.15) is 0 Å². The van der Waals surface area contributed by atoms with Gasteiger partial charge in [-0.1, -0.05) is 40.0 Å². The number of hydrogen-bond donors (Lipinski definition) is 1. The average Bonchev–Trinajstić information content (AvgIpc) is 2.85. The molecule has 0 aromatic carbocycles. The van der Waals surface area contributed by atoms with Gasteiger partial charge in [-0.05, 0) is 26.2 Å². The summed E-state index contributed by atoms with van der Waals surface area (Å²) in [5, 5.41) is 8.41. The third kappa shape index (κ3) is 13.0. The lowest BCUT2D eigenvalue weighted by molar-refractivity contribution is -0.141. The molecule has 1 unspecified atom stereocenters. The Morgan fingerprint density at radius 1 is 1.33 bits per heavy atom. The van der Waals surface area contributed by atoms with Gasteiger partial charge in [-0.25, -0.2) is 0 Å². The highest BCUT2D eigenvalue weighted by atomic mass is 16.5. The van der Waals surface area contributed by atoms with E-state index in [1.807, 2.05) is 13.8 Å². The maximum Gasteiger partial charge on any atom is 0.306 e. The van der Waals surface area contributed by atoms with E-state index >= 15 is 0 Å². The Hall–Kier alpha value is -1.06. The fourth-order valence-corrected chi connectivity index (χ4v) is 1.36. The van der Waals surface area contributed by atoms with E-state index in [9.17, 15) is 9.59 Å². The van der Waals surface area contributed by atoms with Crippen molar-refractivity contribution in [1.29, 1.82) is 0 Å². The van der Waals surface area contributed by atoms with Crippen molar-refractivity contribution in [2.45, 2.75) is 72.3 Å². The van der Waals surface area contributed by atoms with Crippen LogP contribution in [0, 0.1) is 5.92 Å². The zero-order valence-electron chi connectivity index (χ0n) is 12.1. The summed E-state index contributed by atoms with van der Waals surface area (Å²) >= 11 is 0. The average molecular weight is 260 g/mol. The van der Waals surface area contributed by atoms with Crippen LogP contribution in [0.2, 0.25) is 0 Å². The maximum atomic E-state index is 10.2. The smallest absolute Gasteiger partial charge is 0.306 e. The Kier molecular flexibility index (Phi) is 15.0. The number of ether oxygens (including phenoxy) is 1. The van der Waals surface area contributed by atoms with Gasteiger partial charge in [-0.3, -0.25) is 9.59 Å². The first-order valence-corrected chi connectivity index (χ1v) is 6.85. The first-order valence-electron chi connectivity index (χ1n) is 6.85. The molecule has 108 valence electrons. The van der Waals surface area contributed by atoms with E-state index < -0.39 is 5.97 Å². The summed E-state index contributed by atoms with van der Waals surface area (Å²) in [6, 6.07) is 0. The molecule has 0 radical (unpaired) electrons. The first kappa shape index (κ1) is 19.3. The second-order valence-electron chi connectivity index (χ2n) is 4.48. The second-order valence-corrected chi connectivity index (χ2v) is 4.48. The molecule has 1 atom stereocenters. The van der Waals surface area contributed by atoms with Gasteiger partial charge in [0.2, 0.25) is 0 Å². The molecule has 1 aliphatic carbocycles. The van der Waals surface area contributed by atoms with Gasteiger partial charge < -0.3 is 9.84 Å². The van der Waals surface area contributed by atoms with Crippen LogP contribution in [0.25, 0.3) is 0 Å². The molecule has 0 saturated heterocycles. The molecule has 0 heterocycles. The molecule has 1 saturated carbocycles. The number of carboxylic acids is 1. The zero-order valence-corrected chi connectivity index (χ0v) is 12.1. The van der Waals surface area contributed by atoms with Crippen LogP contribution in [0.3, 0.4) is 0 Å². The number of carbonyl (C=O) groups is 2. The molecular weight excluding hydrogens is 232 g/mol. The Labute approximate surface area is 111 Å². The third-order valence-corrected chi connectivity index (χ3v) is 2.57. The summed E-state index contributed by atoms with van der Waals surface area (Å²) < 4.78 is 4.51. The number of hydrogen-bond acceptors (Lipinski definition) is 3. The summed E-state index contributed by atoms with van der Waals surface area (Å²) in [4.78, 5) is 19.8. The molecule has 0 aliphatic heterocycles. The Balaban J connectivity index is 0. The largest absolute Gasteiger partial charge is 0.481 e. The number of rotatable bonds is 4. The van der Waals surface area contributed by atoms with Gasteiger partial charge in [-0.15, -0.1) is 0 Å². The van der Waals surface area contributed by atoms with Crippen LogP contribution >= 0.6 is 0 Å². The van der Waals surface area contributed by atoms with E-state index in [0.717, 1.165) is 32.1 Å². The lowest BCUT2D eigenvalue weighted by Gasteiger charge is -2.02. The molecule has 0 spiro atoms. The van der Waals surface area contributed by atoms with Gasteiger partial charge in [0.25, 0.3) is 6.47 Å². The lowest BCUT2D eigenvalue weighted by atomic mass is 10.1. The van der Waals surface area contributed by atoms with Crippen LogP contribution in [0.5, 0.6) is 0 Å². The number of aliphatic carboxylic acids is 1. The molecule has 0 amide bonds. The molecule has 18 heavy (non-hydrogen) atoms. The molecule has 4 nitrogen and oxygen atoms in total. The van der Waals surface area contributed by atoms with E-state index in [0.29, 0.717) is 6.47 Å². The van der Waals surface area contributed by atoms with Crippen molar-refractivity contribution >= 4 is 12.4 Å². The van der Waals surface area contributed by atoms with Crippen molar-refractivity contribution in [2.24, 2.45) is 5.92 Å². The quantitative estimate of drug-likeness (QED) is 0.784. The fraction of sp³-hybridized carbons (Fsp3) is 0.857. The van der Waals surface area contributed by atoms with Crippen LogP contribution in [-0.2, 0) is 14.3 Å². The highest BCUT2D eigenvalue weighted by Crippen LogP contribution is 2.24. The molecule has 0 aromatic heterocycles. The highest BCUT2D eigenvalue weighted by Gasteiger charge is 2.20. The van der Waals surface area contributed by atoms with E-state index in [1.165, 1.54) is 6.42 Å². The van der Waals surface area contributed by atoms with Gasteiger partial charge in [0.15, 0.2) is 0 Å². The van der Waals surface area contributed by atoms with Crippen molar-refractivity contribution in [3.05, 3.63) is 0 Å². The Bertz CT molecular complexity index is 198. The van der Waals surface area contributed by atoms with Crippen LogP contribution in [0.15, 0.2) is 0 Å². The van der Waals surface area contributed by atoms with E-state index in [4.69, 9.17) is 5.11 Å². The van der Waals surface area contributed by atoms with Crippen LogP contribution < -0.4 is 0 Å². The van der Waals surface area contributed by atoms with Gasteiger partial charge in [0, 0.05) is 0 Å². The van der Waals surface area contributed by atoms with Crippen molar-refractivity contribution < 1.29 is 19.4 Å². The highest BCUT2D eigenvalue weighted by molar-refractivity contribution is 5.70. The normalized spacial score (nSPS) is 15.6. The van der Waals surface area contributed by atoms with Crippen LogP contribution in [-0.4, -0.2) is 23.7 Å². The predicted molar refractivity (Wildman–Crippen MR) is 72.5 cm³/mol.